The van der Waals surface area contributed by atoms with Crippen LogP contribution in [0.15, 0.2) is 12.3 Å². The molecule has 2 aromatic heterocycles. The molecular formula is C20H27FN4O2. The molecule has 0 bridgehead atoms. The van der Waals surface area contributed by atoms with Gasteiger partial charge in [-0.2, -0.15) is 9.61 Å². The standard InChI is InChI=1S/C20H27FN4O2/c1-5-27-18(26)20(21)12-19(20)8-6-14(7-9-19)15-10-16(24(3)4)25-17(23-15)13(2)11-22-25/h10-11,14H,5-9,12H2,1-4H3. The summed E-state index contributed by atoms with van der Waals surface area (Å²) >= 11 is 0. The van der Waals surface area contributed by atoms with E-state index in [1.54, 1.807) is 6.92 Å². The highest BCUT2D eigenvalue weighted by Gasteiger charge is 2.74. The fourth-order valence-electron chi connectivity index (χ4n) is 4.60. The Hall–Kier alpha value is -2.18. The average Bonchev–Trinajstić information content (AvgIpc) is 3.04. The number of hydrogen-bond donors (Lipinski definition) is 0. The minimum absolute atomic E-state index is 0.227. The van der Waals surface area contributed by atoms with Gasteiger partial charge in [-0.25, -0.2) is 14.2 Å². The van der Waals surface area contributed by atoms with Crippen molar-refractivity contribution in [3.8, 4) is 0 Å². The topological polar surface area (TPSA) is 59.7 Å². The zero-order chi connectivity index (χ0) is 19.4. The minimum atomic E-state index is -1.78. The molecule has 0 saturated heterocycles. The van der Waals surface area contributed by atoms with E-state index in [-0.39, 0.29) is 12.5 Å². The van der Waals surface area contributed by atoms with Crippen LogP contribution >= 0.6 is 0 Å². The number of aryl methyl sites for hydroxylation is 1. The summed E-state index contributed by atoms with van der Waals surface area (Å²) in [7, 11) is 3.98. The predicted octanol–water partition coefficient (Wildman–Crippen LogP) is 3.42. The molecule has 6 nitrogen and oxygen atoms in total. The first-order chi connectivity index (χ1) is 12.8. The summed E-state index contributed by atoms with van der Waals surface area (Å²) in [6.07, 6.45) is 5.23. The van der Waals surface area contributed by atoms with Gasteiger partial charge in [-0.1, -0.05) is 0 Å². The number of alkyl halides is 1. The van der Waals surface area contributed by atoms with E-state index in [0.717, 1.165) is 35.6 Å². The third-order valence-electron chi connectivity index (χ3n) is 6.36. The van der Waals surface area contributed by atoms with Gasteiger partial charge in [0.15, 0.2) is 5.65 Å². The van der Waals surface area contributed by atoms with Crippen LogP contribution < -0.4 is 4.90 Å². The summed E-state index contributed by atoms with van der Waals surface area (Å²) in [5.41, 5.74) is 0.651. The number of esters is 1. The molecule has 2 aromatic rings. The number of fused-ring (bicyclic) bond motifs is 1. The van der Waals surface area contributed by atoms with E-state index in [1.807, 2.05) is 36.6 Å². The van der Waals surface area contributed by atoms with Crippen LogP contribution in [-0.2, 0) is 9.53 Å². The molecule has 1 spiro atoms. The molecule has 4 rings (SSSR count). The predicted molar refractivity (Wildman–Crippen MR) is 101 cm³/mol. The second-order valence-electron chi connectivity index (χ2n) is 8.25. The number of hydrogen-bond acceptors (Lipinski definition) is 5. The lowest BCUT2D eigenvalue weighted by atomic mass is 9.76. The van der Waals surface area contributed by atoms with Crippen molar-refractivity contribution in [2.75, 3.05) is 25.6 Å². The number of carbonyl (C=O) groups is 1. The molecule has 2 aliphatic rings. The first-order valence-electron chi connectivity index (χ1n) is 9.70. The molecule has 7 heteroatoms. The fourth-order valence-corrected chi connectivity index (χ4v) is 4.60. The van der Waals surface area contributed by atoms with E-state index in [2.05, 4.69) is 11.2 Å². The van der Waals surface area contributed by atoms with Crippen molar-refractivity contribution in [1.29, 1.82) is 0 Å². The number of rotatable bonds is 4. The van der Waals surface area contributed by atoms with Crippen molar-refractivity contribution in [3.05, 3.63) is 23.5 Å². The molecule has 0 N–H and O–H groups in total. The summed E-state index contributed by atoms with van der Waals surface area (Å²) in [6.45, 7) is 3.95. The highest BCUT2D eigenvalue weighted by atomic mass is 19.1. The lowest BCUT2D eigenvalue weighted by molar-refractivity contribution is -0.153. The van der Waals surface area contributed by atoms with Crippen molar-refractivity contribution in [2.24, 2.45) is 5.41 Å². The Kier molecular flexibility index (Phi) is 4.16. The average molecular weight is 374 g/mol. The second-order valence-corrected chi connectivity index (χ2v) is 8.25. The Labute approximate surface area is 158 Å². The van der Waals surface area contributed by atoms with E-state index in [4.69, 9.17) is 9.72 Å². The second kappa shape index (κ2) is 6.17. The smallest absolute Gasteiger partial charge is 0.344 e. The van der Waals surface area contributed by atoms with Crippen LogP contribution in [0.25, 0.3) is 5.65 Å². The van der Waals surface area contributed by atoms with Crippen molar-refractivity contribution in [1.82, 2.24) is 14.6 Å². The number of anilines is 1. The third-order valence-corrected chi connectivity index (χ3v) is 6.36. The van der Waals surface area contributed by atoms with Crippen molar-refractivity contribution >= 4 is 17.4 Å². The van der Waals surface area contributed by atoms with Gasteiger partial charge in [0, 0.05) is 49.2 Å². The summed E-state index contributed by atoms with van der Waals surface area (Å²) in [6, 6.07) is 2.09. The van der Waals surface area contributed by atoms with Crippen molar-refractivity contribution in [3.63, 3.8) is 0 Å². The molecule has 2 fully saturated rings. The van der Waals surface area contributed by atoms with Gasteiger partial charge < -0.3 is 9.64 Å². The highest BCUT2D eigenvalue weighted by molar-refractivity contribution is 5.85. The molecule has 2 saturated carbocycles. The Balaban J connectivity index is 1.56. The minimum Gasteiger partial charge on any atom is -0.464 e. The number of halogens is 1. The van der Waals surface area contributed by atoms with Gasteiger partial charge >= 0.3 is 5.97 Å². The van der Waals surface area contributed by atoms with E-state index in [0.29, 0.717) is 19.3 Å². The quantitative estimate of drug-likeness (QED) is 0.768. The van der Waals surface area contributed by atoms with Crippen molar-refractivity contribution < 1.29 is 13.9 Å². The molecule has 2 heterocycles. The van der Waals surface area contributed by atoms with Crippen LogP contribution in [0.4, 0.5) is 10.2 Å². The zero-order valence-electron chi connectivity index (χ0n) is 16.5. The lowest BCUT2D eigenvalue weighted by Gasteiger charge is -2.30. The molecule has 1 atom stereocenters. The summed E-state index contributed by atoms with van der Waals surface area (Å²) in [4.78, 5) is 18.9. The number of aromatic nitrogens is 3. The first-order valence-corrected chi connectivity index (χ1v) is 9.70. The largest absolute Gasteiger partial charge is 0.464 e. The Morgan fingerprint density at radius 3 is 2.74 bits per heavy atom. The van der Waals surface area contributed by atoms with Gasteiger partial charge in [-0.05, 0) is 39.5 Å². The Bertz CT molecular complexity index is 885. The molecule has 0 radical (unpaired) electrons. The molecule has 27 heavy (non-hydrogen) atoms. The highest BCUT2D eigenvalue weighted by Crippen LogP contribution is 2.68. The van der Waals surface area contributed by atoms with E-state index >= 15 is 4.39 Å². The Morgan fingerprint density at radius 1 is 1.41 bits per heavy atom. The lowest BCUT2D eigenvalue weighted by Crippen LogP contribution is -2.30. The molecule has 2 aliphatic carbocycles. The summed E-state index contributed by atoms with van der Waals surface area (Å²) in [5, 5.41) is 4.43. The van der Waals surface area contributed by atoms with Gasteiger partial charge in [0.1, 0.15) is 5.82 Å². The zero-order valence-corrected chi connectivity index (χ0v) is 16.5. The van der Waals surface area contributed by atoms with E-state index in [9.17, 15) is 4.79 Å². The monoisotopic (exact) mass is 374 g/mol. The van der Waals surface area contributed by atoms with Crippen LogP contribution in [0, 0.1) is 12.3 Å². The number of ether oxygens (including phenoxy) is 1. The van der Waals surface area contributed by atoms with Gasteiger partial charge in [0.2, 0.25) is 5.67 Å². The van der Waals surface area contributed by atoms with Gasteiger partial charge in [-0.15, -0.1) is 0 Å². The number of carbonyl (C=O) groups excluding carboxylic acids is 1. The third kappa shape index (κ3) is 2.70. The van der Waals surface area contributed by atoms with Crippen molar-refractivity contribution in [2.45, 2.75) is 57.5 Å². The normalized spacial score (nSPS) is 29.9. The maximum absolute atomic E-state index is 15.0. The maximum Gasteiger partial charge on any atom is 0.344 e. The van der Waals surface area contributed by atoms with Gasteiger partial charge in [0.25, 0.3) is 0 Å². The Morgan fingerprint density at radius 2 is 2.11 bits per heavy atom. The maximum atomic E-state index is 15.0. The van der Waals surface area contributed by atoms with Gasteiger partial charge in [-0.3, -0.25) is 0 Å². The van der Waals surface area contributed by atoms with Crippen LogP contribution in [0.5, 0.6) is 0 Å². The molecule has 0 aromatic carbocycles. The molecule has 0 amide bonds. The number of nitrogens with zero attached hydrogens (tertiary/aromatic N) is 4. The van der Waals surface area contributed by atoms with Crippen LogP contribution in [0.1, 0.15) is 56.2 Å². The fraction of sp³-hybridized carbons (Fsp3) is 0.650. The first kappa shape index (κ1) is 18.2. The van der Waals surface area contributed by atoms with Crippen LogP contribution in [0.3, 0.4) is 0 Å². The molecule has 0 aliphatic heterocycles. The van der Waals surface area contributed by atoms with E-state index in [1.165, 1.54) is 0 Å². The molecule has 146 valence electrons. The van der Waals surface area contributed by atoms with Gasteiger partial charge in [0.05, 0.1) is 12.8 Å². The van der Waals surface area contributed by atoms with Crippen LogP contribution in [-0.4, -0.2) is 46.9 Å². The summed E-state index contributed by atoms with van der Waals surface area (Å²) < 4.78 is 21.9. The van der Waals surface area contributed by atoms with E-state index < -0.39 is 17.1 Å². The SMILES string of the molecule is CCOC(=O)C1(F)CC12CCC(c1cc(N(C)C)n3ncc(C)c3n1)CC2. The van der Waals surface area contributed by atoms with Crippen LogP contribution in [0.2, 0.25) is 0 Å². The molecule has 1 unspecified atom stereocenters. The molecular weight excluding hydrogens is 347 g/mol. The summed E-state index contributed by atoms with van der Waals surface area (Å²) in [5.74, 6) is 0.592.